The maximum absolute atomic E-state index is 12.2. The summed E-state index contributed by atoms with van der Waals surface area (Å²) in [6, 6.07) is 18.4. The highest BCUT2D eigenvalue weighted by Crippen LogP contribution is 2.13. The van der Waals surface area contributed by atoms with Crippen molar-refractivity contribution in [3.63, 3.8) is 0 Å². The Balaban J connectivity index is 1.45. The Bertz CT molecular complexity index is 922. The van der Waals surface area contributed by atoms with Gasteiger partial charge in [0.15, 0.2) is 0 Å². The quantitative estimate of drug-likeness (QED) is 0.617. The summed E-state index contributed by atoms with van der Waals surface area (Å²) in [5, 5.41) is 5.90. The monoisotopic (exact) mass is 391 g/mol. The number of likely N-dealkylation sites (N-methyl/N-ethyl adjacent to an activating group) is 1. The smallest absolute Gasteiger partial charge is 0.315 e. The molecule has 3 rings (SSSR count). The molecule has 1 atom stereocenters. The molecule has 0 aliphatic heterocycles. The lowest BCUT2D eigenvalue weighted by molar-refractivity contribution is 0.240. The second-order valence-electron chi connectivity index (χ2n) is 7.28. The topological polar surface area (TPSA) is 62.2 Å². The predicted octanol–water partition coefficient (Wildman–Crippen LogP) is 3.56. The van der Waals surface area contributed by atoms with Crippen molar-refractivity contribution in [2.75, 3.05) is 18.5 Å². The van der Waals surface area contributed by atoms with Gasteiger partial charge in [-0.15, -0.1) is 0 Å². The summed E-state index contributed by atoms with van der Waals surface area (Å²) >= 11 is 0. The van der Waals surface area contributed by atoms with E-state index >= 15 is 0 Å². The number of anilines is 1. The third-order valence-electron chi connectivity index (χ3n) is 5.10. The molecule has 1 aromatic heterocycles. The normalized spacial score (nSPS) is 11.7. The molecule has 1 heterocycles. The van der Waals surface area contributed by atoms with E-state index in [2.05, 4.69) is 56.3 Å². The lowest BCUT2D eigenvalue weighted by atomic mass is 10.1. The zero-order valence-corrected chi connectivity index (χ0v) is 17.3. The Morgan fingerprint density at radius 1 is 1.10 bits per heavy atom. The molecule has 1 unspecified atom stereocenters. The standard InChI is InChI=1S/C23H29N5O/c1-18(27(3)22-10-5-4-6-11-22)15-25-23(29)26-16-20-8-7-9-21(14-20)17-28-13-12-24-19(28)2/h4-14,18H,15-17H2,1-3H3,(H2,25,26,29). The maximum Gasteiger partial charge on any atom is 0.315 e. The van der Waals surface area contributed by atoms with Crippen molar-refractivity contribution in [1.29, 1.82) is 0 Å². The fraction of sp³-hybridized carbons (Fsp3) is 0.304. The molecule has 0 spiro atoms. The van der Waals surface area contributed by atoms with Gasteiger partial charge in [-0.25, -0.2) is 9.78 Å². The minimum Gasteiger partial charge on any atom is -0.370 e. The molecule has 0 bridgehead atoms. The number of hydrogen-bond acceptors (Lipinski definition) is 3. The van der Waals surface area contributed by atoms with Gasteiger partial charge in [-0.3, -0.25) is 0 Å². The summed E-state index contributed by atoms with van der Waals surface area (Å²) < 4.78 is 2.10. The molecule has 2 N–H and O–H groups in total. The average molecular weight is 392 g/mol. The van der Waals surface area contributed by atoms with Crippen molar-refractivity contribution in [2.45, 2.75) is 33.0 Å². The van der Waals surface area contributed by atoms with E-state index in [0.717, 1.165) is 23.6 Å². The van der Waals surface area contributed by atoms with Crippen molar-refractivity contribution in [2.24, 2.45) is 0 Å². The highest BCUT2D eigenvalue weighted by atomic mass is 16.2. The van der Waals surface area contributed by atoms with Crippen LogP contribution in [0, 0.1) is 6.92 Å². The molecular weight excluding hydrogens is 362 g/mol. The molecule has 152 valence electrons. The van der Waals surface area contributed by atoms with E-state index in [1.807, 2.05) is 50.5 Å². The van der Waals surface area contributed by atoms with Gasteiger partial charge in [0.2, 0.25) is 0 Å². The Kier molecular flexibility index (Phi) is 6.89. The highest BCUT2D eigenvalue weighted by Gasteiger charge is 2.11. The first kappa shape index (κ1) is 20.5. The van der Waals surface area contributed by atoms with Gasteiger partial charge in [0, 0.05) is 50.8 Å². The summed E-state index contributed by atoms with van der Waals surface area (Å²) in [6.45, 7) is 5.92. The Morgan fingerprint density at radius 2 is 1.86 bits per heavy atom. The fourth-order valence-corrected chi connectivity index (χ4v) is 3.15. The molecule has 29 heavy (non-hydrogen) atoms. The lowest BCUT2D eigenvalue weighted by Crippen LogP contribution is -2.43. The van der Waals surface area contributed by atoms with Gasteiger partial charge in [0.1, 0.15) is 5.82 Å². The van der Waals surface area contributed by atoms with Crippen LogP contribution in [0.2, 0.25) is 0 Å². The van der Waals surface area contributed by atoms with Crippen molar-refractivity contribution < 1.29 is 4.79 Å². The largest absolute Gasteiger partial charge is 0.370 e. The molecular formula is C23H29N5O. The second-order valence-corrected chi connectivity index (χ2v) is 7.28. The average Bonchev–Trinajstić information content (AvgIpc) is 3.15. The van der Waals surface area contributed by atoms with Crippen LogP contribution >= 0.6 is 0 Å². The zero-order valence-electron chi connectivity index (χ0n) is 17.3. The summed E-state index contributed by atoms with van der Waals surface area (Å²) in [4.78, 5) is 18.6. The minimum atomic E-state index is -0.158. The van der Waals surface area contributed by atoms with Gasteiger partial charge in [-0.2, -0.15) is 0 Å². The van der Waals surface area contributed by atoms with Crippen LogP contribution in [0.4, 0.5) is 10.5 Å². The van der Waals surface area contributed by atoms with Crippen LogP contribution in [0.5, 0.6) is 0 Å². The Morgan fingerprint density at radius 3 is 2.59 bits per heavy atom. The predicted molar refractivity (Wildman–Crippen MR) is 117 cm³/mol. The number of carbonyl (C=O) groups excluding carboxylic acids is 1. The number of nitrogens with zero attached hydrogens (tertiary/aromatic N) is 3. The molecule has 2 amide bonds. The van der Waals surface area contributed by atoms with Gasteiger partial charge in [-0.1, -0.05) is 42.5 Å². The number of rotatable bonds is 8. The van der Waals surface area contributed by atoms with Gasteiger partial charge in [0.05, 0.1) is 0 Å². The van der Waals surface area contributed by atoms with Crippen LogP contribution in [-0.2, 0) is 13.1 Å². The molecule has 0 saturated heterocycles. The number of hydrogen-bond donors (Lipinski definition) is 2. The van der Waals surface area contributed by atoms with Crippen LogP contribution in [0.3, 0.4) is 0 Å². The lowest BCUT2D eigenvalue weighted by Gasteiger charge is -2.27. The molecule has 0 saturated carbocycles. The molecule has 0 fully saturated rings. The van der Waals surface area contributed by atoms with Crippen molar-refractivity contribution in [3.05, 3.63) is 83.9 Å². The van der Waals surface area contributed by atoms with Gasteiger partial charge >= 0.3 is 6.03 Å². The summed E-state index contributed by atoms with van der Waals surface area (Å²) in [6.07, 6.45) is 3.78. The van der Waals surface area contributed by atoms with Crippen molar-refractivity contribution in [3.8, 4) is 0 Å². The van der Waals surface area contributed by atoms with E-state index in [4.69, 9.17) is 0 Å². The van der Waals surface area contributed by atoms with Gasteiger partial charge in [0.25, 0.3) is 0 Å². The number of urea groups is 1. The van der Waals surface area contributed by atoms with Crippen LogP contribution < -0.4 is 15.5 Å². The van der Waals surface area contributed by atoms with E-state index in [-0.39, 0.29) is 12.1 Å². The SMILES string of the molecule is Cc1nccn1Cc1cccc(CNC(=O)NCC(C)N(C)c2ccccc2)c1. The molecule has 2 aromatic carbocycles. The van der Waals surface area contributed by atoms with Crippen LogP contribution in [-0.4, -0.2) is 35.2 Å². The molecule has 0 aliphatic carbocycles. The number of amides is 2. The first-order valence-corrected chi connectivity index (χ1v) is 9.88. The molecule has 0 aliphatic rings. The summed E-state index contributed by atoms with van der Waals surface area (Å²) in [7, 11) is 2.03. The first-order valence-electron chi connectivity index (χ1n) is 9.88. The third kappa shape index (κ3) is 5.85. The Labute approximate surface area is 172 Å². The number of aromatic nitrogens is 2. The summed E-state index contributed by atoms with van der Waals surface area (Å²) in [5.74, 6) is 0.988. The summed E-state index contributed by atoms with van der Waals surface area (Å²) in [5.41, 5.74) is 3.39. The number of nitrogens with one attached hydrogen (secondary N) is 2. The van der Waals surface area contributed by atoms with Gasteiger partial charge in [-0.05, 0) is 37.1 Å². The molecule has 6 nitrogen and oxygen atoms in total. The molecule has 6 heteroatoms. The van der Waals surface area contributed by atoms with Crippen molar-refractivity contribution >= 4 is 11.7 Å². The zero-order chi connectivity index (χ0) is 20.6. The number of para-hydroxylation sites is 1. The Hall–Kier alpha value is -3.28. The molecule has 0 radical (unpaired) electrons. The number of benzene rings is 2. The fourth-order valence-electron chi connectivity index (χ4n) is 3.15. The van der Waals surface area contributed by atoms with Crippen LogP contribution in [0.1, 0.15) is 23.9 Å². The second kappa shape index (κ2) is 9.78. The van der Waals surface area contributed by atoms with E-state index in [1.165, 1.54) is 5.56 Å². The number of aryl methyl sites for hydroxylation is 1. The molecule has 3 aromatic rings. The first-order chi connectivity index (χ1) is 14.0. The minimum absolute atomic E-state index is 0.158. The van der Waals surface area contributed by atoms with Crippen LogP contribution in [0.15, 0.2) is 67.0 Å². The van der Waals surface area contributed by atoms with Gasteiger partial charge < -0.3 is 20.1 Å². The third-order valence-corrected chi connectivity index (χ3v) is 5.10. The van der Waals surface area contributed by atoms with Crippen LogP contribution in [0.25, 0.3) is 0 Å². The van der Waals surface area contributed by atoms with E-state index < -0.39 is 0 Å². The van der Waals surface area contributed by atoms with E-state index in [1.54, 1.807) is 6.20 Å². The van der Waals surface area contributed by atoms with Crippen molar-refractivity contribution in [1.82, 2.24) is 20.2 Å². The number of imidazole rings is 1. The maximum atomic E-state index is 12.2. The highest BCUT2D eigenvalue weighted by molar-refractivity contribution is 5.73. The van der Waals surface area contributed by atoms with E-state index in [9.17, 15) is 4.79 Å². The number of carbonyl (C=O) groups is 1. The van der Waals surface area contributed by atoms with E-state index in [0.29, 0.717) is 13.1 Å².